The number of aryl methyl sites for hydroxylation is 1. The lowest BCUT2D eigenvalue weighted by atomic mass is 10.2. The summed E-state index contributed by atoms with van der Waals surface area (Å²) in [5.74, 6) is 1.82. The van der Waals surface area contributed by atoms with E-state index in [9.17, 15) is 0 Å². The Morgan fingerprint density at radius 2 is 1.74 bits per heavy atom. The molecular formula is C19H18N6OS. The van der Waals surface area contributed by atoms with E-state index >= 15 is 0 Å². The Balaban J connectivity index is 1.58. The molecule has 2 heterocycles. The van der Waals surface area contributed by atoms with Crippen molar-refractivity contribution in [2.75, 3.05) is 23.5 Å². The molecule has 8 heteroatoms. The number of methoxy groups -OCH3 is 1. The van der Waals surface area contributed by atoms with E-state index in [2.05, 4.69) is 38.6 Å². The first-order chi connectivity index (χ1) is 13.1. The number of ether oxygens (including phenoxy) is 1. The zero-order valence-electron chi connectivity index (χ0n) is 14.9. The Morgan fingerprint density at radius 3 is 2.48 bits per heavy atom. The Hall–Kier alpha value is -3.39. The van der Waals surface area contributed by atoms with Crippen molar-refractivity contribution < 1.29 is 4.74 Å². The molecule has 4 aromatic rings. The second kappa shape index (κ2) is 7.08. The first kappa shape index (κ1) is 17.0. The Kier molecular flexibility index (Phi) is 4.47. The second-order valence-electron chi connectivity index (χ2n) is 5.95. The van der Waals surface area contributed by atoms with Crippen LogP contribution in [0.15, 0.2) is 48.8 Å². The maximum absolute atomic E-state index is 6.26. The summed E-state index contributed by atoms with van der Waals surface area (Å²) in [7, 11) is 1.63. The van der Waals surface area contributed by atoms with Crippen LogP contribution in [0.5, 0.6) is 5.75 Å². The topological polar surface area (TPSA) is 98.0 Å². The van der Waals surface area contributed by atoms with E-state index < -0.39 is 0 Å². The van der Waals surface area contributed by atoms with E-state index in [1.165, 1.54) is 11.9 Å². The third kappa shape index (κ3) is 3.61. The maximum atomic E-state index is 6.26. The molecule has 0 unspecified atom stereocenters. The van der Waals surface area contributed by atoms with E-state index in [1.807, 2.05) is 36.4 Å². The molecule has 0 atom stereocenters. The van der Waals surface area contributed by atoms with Gasteiger partial charge >= 0.3 is 0 Å². The molecule has 4 N–H and O–H groups in total. The van der Waals surface area contributed by atoms with E-state index in [4.69, 9.17) is 10.5 Å². The van der Waals surface area contributed by atoms with Gasteiger partial charge in [0, 0.05) is 5.69 Å². The van der Waals surface area contributed by atoms with E-state index in [0.29, 0.717) is 17.3 Å². The van der Waals surface area contributed by atoms with Gasteiger partial charge in [-0.1, -0.05) is 17.4 Å². The van der Waals surface area contributed by atoms with Crippen LogP contribution in [0.25, 0.3) is 10.2 Å². The zero-order chi connectivity index (χ0) is 18.8. The highest BCUT2D eigenvalue weighted by Gasteiger charge is 2.11. The van der Waals surface area contributed by atoms with Gasteiger partial charge in [0.1, 0.15) is 17.8 Å². The summed E-state index contributed by atoms with van der Waals surface area (Å²) >= 11 is 1.56. The van der Waals surface area contributed by atoms with Gasteiger partial charge in [-0.05, 0) is 48.9 Å². The minimum absolute atomic E-state index is 0.420. The zero-order valence-corrected chi connectivity index (χ0v) is 15.7. The lowest BCUT2D eigenvalue weighted by Crippen LogP contribution is -2.05. The Morgan fingerprint density at radius 1 is 1.00 bits per heavy atom. The summed E-state index contributed by atoms with van der Waals surface area (Å²) in [5, 5.41) is 7.12. The van der Waals surface area contributed by atoms with Gasteiger partial charge in [-0.15, -0.1) is 0 Å². The van der Waals surface area contributed by atoms with Crippen LogP contribution in [-0.4, -0.2) is 22.1 Å². The van der Waals surface area contributed by atoms with Crippen LogP contribution in [0.1, 0.15) is 5.56 Å². The number of thiazole rings is 1. The van der Waals surface area contributed by atoms with Crippen LogP contribution in [0.4, 0.5) is 28.1 Å². The highest BCUT2D eigenvalue weighted by Crippen LogP contribution is 2.32. The predicted molar refractivity (Wildman–Crippen MR) is 110 cm³/mol. The molecule has 7 nitrogen and oxygen atoms in total. The molecule has 0 bridgehead atoms. The molecule has 0 aliphatic rings. The van der Waals surface area contributed by atoms with E-state index in [-0.39, 0.29) is 0 Å². The summed E-state index contributed by atoms with van der Waals surface area (Å²) in [5.41, 5.74) is 9.67. The fraction of sp³-hybridized carbons (Fsp3) is 0.105. The molecule has 0 amide bonds. The van der Waals surface area contributed by atoms with Crippen molar-refractivity contribution in [3.05, 3.63) is 54.4 Å². The number of rotatable bonds is 5. The van der Waals surface area contributed by atoms with Crippen LogP contribution >= 0.6 is 11.3 Å². The Labute approximate surface area is 160 Å². The normalized spacial score (nSPS) is 10.7. The van der Waals surface area contributed by atoms with Gasteiger partial charge in [-0.25, -0.2) is 15.0 Å². The summed E-state index contributed by atoms with van der Waals surface area (Å²) in [4.78, 5) is 13.1. The third-order valence-corrected chi connectivity index (χ3v) is 4.94. The molecule has 0 saturated heterocycles. The van der Waals surface area contributed by atoms with Crippen molar-refractivity contribution in [3.63, 3.8) is 0 Å². The van der Waals surface area contributed by atoms with Crippen LogP contribution in [-0.2, 0) is 0 Å². The van der Waals surface area contributed by atoms with Gasteiger partial charge in [0.25, 0.3) is 0 Å². The summed E-state index contributed by atoms with van der Waals surface area (Å²) in [6.45, 7) is 2.06. The summed E-state index contributed by atoms with van der Waals surface area (Å²) in [6, 6.07) is 13.7. The molecule has 27 heavy (non-hydrogen) atoms. The lowest BCUT2D eigenvalue weighted by Gasteiger charge is -2.11. The van der Waals surface area contributed by atoms with Crippen molar-refractivity contribution in [3.8, 4) is 5.75 Å². The highest BCUT2D eigenvalue weighted by molar-refractivity contribution is 7.22. The SMILES string of the molecule is COc1ccc(Nc2ncnc(Nc3nc4ccc(C)cc4s3)c2N)cc1. The van der Waals surface area contributed by atoms with Gasteiger partial charge in [-0.2, -0.15) is 0 Å². The molecule has 4 rings (SSSR count). The average Bonchev–Trinajstić information content (AvgIpc) is 3.07. The fourth-order valence-corrected chi connectivity index (χ4v) is 3.56. The monoisotopic (exact) mass is 378 g/mol. The fourth-order valence-electron chi connectivity index (χ4n) is 2.59. The lowest BCUT2D eigenvalue weighted by molar-refractivity contribution is 0.415. The number of benzene rings is 2. The third-order valence-electron chi connectivity index (χ3n) is 4.01. The largest absolute Gasteiger partial charge is 0.497 e. The number of nitrogen functional groups attached to an aromatic ring is 1. The van der Waals surface area contributed by atoms with Crippen LogP contribution in [0.3, 0.4) is 0 Å². The van der Waals surface area contributed by atoms with E-state index in [0.717, 1.165) is 26.8 Å². The standard InChI is InChI=1S/C19H18N6OS/c1-11-3-8-14-15(9-11)27-19(24-14)25-18-16(20)17(21-10-22-18)23-12-4-6-13(26-2)7-5-12/h3-10H,20H2,1-2H3,(H2,21,22,23,24,25). The number of nitrogens with zero attached hydrogens (tertiary/aromatic N) is 3. The average molecular weight is 378 g/mol. The highest BCUT2D eigenvalue weighted by atomic mass is 32.1. The Bertz CT molecular complexity index is 1090. The number of hydrogen-bond donors (Lipinski definition) is 3. The van der Waals surface area contributed by atoms with Crippen molar-refractivity contribution in [1.29, 1.82) is 0 Å². The minimum Gasteiger partial charge on any atom is -0.497 e. The number of fused-ring (bicyclic) bond motifs is 1. The van der Waals surface area contributed by atoms with Crippen LogP contribution < -0.4 is 21.1 Å². The molecule has 0 saturated carbocycles. The van der Waals surface area contributed by atoms with Crippen molar-refractivity contribution in [2.45, 2.75) is 6.92 Å². The first-order valence-corrected chi connectivity index (χ1v) is 9.10. The van der Waals surface area contributed by atoms with Crippen LogP contribution in [0, 0.1) is 6.92 Å². The molecule has 2 aromatic heterocycles. The second-order valence-corrected chi connectivity index (χ2v) is 6.98. The molecule has 0 radical (unpaired) electrons. The summed E-state index contributed by atoms with van der Waals surface area (Å²) < 4.78 is 6.28. The van der Waals surface area contributed by atoms with Gasteiger partial charge in [0.15, 0.2) is 16.8 Å². The minimum atomic E-state index is 0.420. The molecule has 136 valence electrons. The van der Waals surface area contributed by atoms with Gasteiger partial charge in [0.05, 0.1) is 17.3 Å². The van der Waals surface area contributed by atoms with Crippen molar-refractivity contribution in [2.24, 2.45) is 0 Å². The first-order valence-electron chi connectivity index (χ1n) is 8.28. The predicted octanol–water partition coefficient (Wildman–Crippen LogP) is 4.47. The molecule has 0 aliphatic carbocycles. The quantitative estimate of drug-likeness (QED) is 0.471. The van der Waals surface area contributed by atoms with Crippen molar-refractivity contribution >= 4 is 49.7 Å². The smallest absolute Gasteiger partial charge is 0.189 e. The van der Waals surface area contributed by atoms with Gasteiger partial charge in [0.2, 0.25) is 0 Å². The molecule has 0 fully saturated rings. The van der Waals surface area contributed by atoms with Gasteiger partial charge < -0.3 is 21.1 Å². The number of hydrogen-bond acceptors (Lipinski definition) is 8. The van der Waals surface area contributed by atoms with Gasteiger partial charge in [-0.3, -0.25) is 0 Å². The molecule has 2 aromatic carbocycles. The molecule has 0 aliphatic heterocycles. The van der Waals surface area contributed by atoms with Crippen molar-refractivity contribution in [1.82, 2.24) is 15.0 Å². The van der Waals surface area contributed by atoms with Crippen LogP contribution in [0.2, 0.25) is 0 Å². The maximum Gasteiger partial charge on any atom is 0.189 e. The number of aromatic nitrogens is 3. The number of nitrogens with two attached hydrogens (primary N) is 1. The number of nitrogens with one attached hydrogen (secondary N) is 2. The molecule has 0 spiro atoms. The summed E-state index contributed by atoms with van der Waals surface area (Å²) in [6.07, 6.45) is 1.46. The number of anilines is 5. The molecular weight excluding hydrogens is 360 g/mol. The van der Waals surface area contributed by atoms with E-state index in [1.54, 1.807) is 18.4 Å².